The first-order valence-electron chi connectivity index (χ1n) is 8.81. The van der Waals surface area contributed by atoms with Crippen molar-refractivity contribution in [1.29, 1.82) is 0 Å². The molecule has 2 N–H and O–H groups in total. The number of carbonyl (C=O) groups is 1. The summed E-state index contributed by atoms with van der Waals surface area (Å²) in [5, 5.41) is 13.6. The molecule has 1 saturated carbocycles. The molecule has 3 unspecified atom stereocenters. The van der Waals surface area contributed by atoms with Gasteiger partial charge in [0, 0.05) is 25.6 Å². The average molecular weight is 296 g/mol. The monoisotopic (exact) mass is 296 g/mol. The maximum Gasteiger partial charge on any atom is 0.222 e. The summed E-state index contributed by atoms with van der Waals surface area (Å²) < 4.78 is 0. The molecule has 4 heteroatoms. The first-order chi connectivity index (χ1) is 10.1. The van der Waals surface area contributed by atoms with Crippen molar-refractivity contribution in [3.05, 3.63) is 0 Å². The number of likely N-dealkylation sites (tertiary alicyclic amines) is 1. The first kappa shape index (κ1) is 16.8. The fourth-order valence-electron chi connectivity index (χ4n) is 3.53. The topological polar surface area (TPSA) is 52.6 Å². The second kappa shape index (κ2) is 8.14. The van der Waals surface area contributed by atoms with E-state index in [1.165, 1.54) is 19.3 Å². The Bertz CT molecular complexity index is 331. The minimum atomic E-state index is -0.223. The second-order valence-corrected chi connectivity index (χ2v) is 6.95. The molecule has 1 saturated heterocycles. The van der Waals surface area contributed by atoms with E-state index < -0.39 is 0 Å². The van der Waals surface area contributed by atoms with E-state index in [4.69, 9.17) is 0 Å². The number of rotatable bonds is 7. The lowest BCUT2D eigenvalue weighted by atomic mass is 9.84. The lowest BCUT2D eigenvalue weighted by Gasteiger charge is -2.40. The predicted octanol–water partition coefficient (Wildman–Crippen LogP) is 2.16. The molecular weight excluding hydrogens is 264 g/mol. The minimum Gasteiger partial charge on any atom is -0.393 e. The molecule has 0 radical (unpaired) electrons. The van der Waals surface area contributed by atoms with Crippen LogP contribution in [-0.4, -0.2) is 47.7 Å². The number of nitrogens with one attached hydrogen (secondary N) is 1. The zero-order valence-electron chi connectivity index (χ0n) is 13.7. The molecule has 4 nitrogen and oxygen atoms in total. The van der Waals surface area contributed by atoms with Crippen LogP contribution < -0.4 is 5.32 Å². The zero-order valence-corrected chi connectivity index (χ0v) is 13.7. The molecule has 122 valence electrons. The molecule has 0 spiro atoms. The van der Waals surface area contributed by atoms with Crippen LogP contribution in [0.25, 0.3) is 0 Å². The highest BCUT2D eigenvalue weighted by Crippen LogP contribution is 2.27. The minimum absolute atomic E-state index is 0.223. The third-order valence-electron chi connectivity index (χ3n) is 5.19. The van der Waals surface area contributed by atoms with Crippen LogP contribution >= 0.6 is 0 Å². The second-order valence-electron chi connectivity index (χ2n) is 6.95. The Morgan fingerprint density at radius 2 is 2.05 bits per heavy atom. The Morgan fingerprint density at radius 1 is 1.29 bits per heavy atom. The van der Waals surface area contributed by atoms with Crippen molar-refractivity contribution in [2.24, 2.45) is 11.8 Å². The van der Waals surface area contributed by atoms with Gasteiger partial charge in [-0.15, -0.1) is 0 Å². The van der Waals surface area contributed by atoms with Gasteiger partial charge in [0.15, 0.2) is 0 Å². The third-order valence-corrected chi connectivity index (χ3v) is 5.19. The summed E-state index contributed by atoms with van der Waals surface area (Å²) in [6, 6.07) is 0.406. The molecule has 1 aliphatic carbocycles. The third kappa shape index (κ3) is 4.96. The molecule has 0 aromatic carbocycles. The summed E-state index contributed by atoms with van der Waals surface area (Å²) in [7, 11) is 0. The van der Waals surface area contributed by atoms with E-state index in [-0.39, 0.29) is 12.0 Å². The van der Waals surface area contributed by atoms with Gasteiger partial charge in [-0.05, 0) is 50.5 Å². The summed E-state index contributed by atoms with van der Waals surface area (Å²) in [4.78, 5) is 14.1. The molecule has 0 aromatic rings. The smallest absolute Gasteiger partial charge is 0.222 e. The van der Waals surface area contributed by atoms with Crippen LogP contribution in [0.2, 0.25) is 0 Å². The van der Waals surface area contributed by atoms with Gasteiger partial charge in [0.05, 0.1) is 6.10 Å². The van der Waals surface area contributed by atoms with Crippen LogP contribution in [0.4, 0.5) is 0 Å². The van der Waals surface area contributed by atoms with E-state index in [1.54, 1.807) is 0 Å². The van der Waals surface area contributed by atoms with Crippen molar-refractivity contribution in [1.82, 2.24) is 10.2 Å². The highest BCUT2D eigenvalue weighted by atomic mass is 16.3. The van der Waals surface area contributed by atoms with Gasteiger partial charge in [-0.1, -0.05) is 20.3 Å². The Kier molecular flexibility index (Phi) is 6.49. The van der Waals surface area contributed by atoms with Crippen molar-refractivity contribution < 1.29 is 9.90 Å². The number of aliphatic hydroxyl groups is 1. The van der Waals surface area contributed by atoms with Crippen molar-refractivity contribution in [3.8, 4) is 0 Å². The Morgan fingerprint density at radius 3 is 2.62 bits per heavy atom. The standard InChI is InChI=1S/C17H32N2O2/c1-3-16(20)9-14-8-15(18-10-13-6-5-7-13)12-19(11-14)17(21)4-2/h13-16,18,20H,3-12H2,1-2H3. The molecule has 2 aliphatic rings. The normalized spacial score (nSPS) is 28.2. The van der Waals surface area contributed by atoms with Crippen molar-refractivity contribution >= 4 is 5.91 Å². The fraction of sp³-hybridized carbons (Fsp3) is 0.941. The number of hydrogen-bond donors (Lipinski definition) is 2. The van der Waals surface area contributed by atoms with Crippen LogP contribution in [-0.2, 0) is 4.79 Å². The van der Waals surface area contributed by atoms with E-state index in [1.807, 2.05) is 18.7 Å². The number of aliphatic hydroxyl groups excluding tert-OH is 1. The van der Waals surface area contributed by atoms with E-state index in [2.05, 4.69) is 5.32 Å². The van der Waals surface area contributed by atoms with Crippen molar-refractivity contribution in [3.63, 3.8) is 0 Å². The van der Waals surface area contributed by atoms with E-state index in [9.17, 15) is 9.90 Å². The van der Waals surface area contributed by atoms with Gasteiger partial charge >= 0.3 is 0 Å². The SMILES string of the molecule is CCC(=O)N1CC(CC(O)CC)CC(NCC2CCC2)C1. The van der Waals surface area contributed by atoms with E-state index in [0.717, 1.165) is 44.8 Å². The molecule has 21 heavy (non-hydrogen) atoms. The summed E-state index contributed by atoms with van der Waals surface area (Å²) in [6.07, 6.45) is 7.17. The molecule has 1 heterocycles. The van der Waals surface area contributed by atoms with Crippen LogP contribution in [0, 0.1) is 11.8 Å². The van der Waals surface area contributed by atoms with Crippen LogP contribution in [0.3, 0.4) is 0 Å². The van der Waals surface area contributed by atoms with Gasteiger partial charge in [0.2, 0.25) is 5.91 Å². The lowest BCUT2D eigenvalue weighted by Crippen LogP contribution is -2.52. The first-order valence-corrected chi connectivity index (χ1v) is 8.81. The molecular formula is C17H32N2O2. The molecule has 3 atom stereocenters. The van der Waals surface area contributed by atoms with Crippen LogP contribution in [0.5, 0.6) is 0 Å². The molecule has 0 aromatic heterocycles. The maximum atomic E-state index is 12.1. The van der Waals surface area contributed by atoms with Gasteiger partial charge in [-0.3, -0.25) is 4.79 Å². The molecule has 1 aliphatic heterocycles. The Balaban J connectivity index is 1.87. The highest BCUT2D eigenvalue weighted by Gasteiger charge is 2.30. The maximum absolute atomic E-state index is 12.1. The Hall–Kier alpha value is -0.610. The zero-order chi connectivity index (χ0) is 15.2. The van der Waals surface area contributed by atoms with Crippen molar-refractivity contribution in [2.75, 3.05) is 19.6 Å². The van der Waals surface area contributed by atoms with E-state index >= 15 is 0 Å². The number of carbonyl (C=O) groups excluding carboxylic acids is 1. The number of amides is 1. The Labute approximate surface area is 129 Å². The highest BCUT2D eigenvalue weighted by molar-refractivity contribution is 5.76. The van der Waals surface area contributed by atoms with Gasteiger partial charge < -0.3 is 15.3 Å². The predicted molar refractivity (Wildman–Crippen MR) is 85.0 cm³/mol. The average Bonchev–Trinajstić information content (AvgIpc) is 2.44. The summed E-state index contributed by atoms with van der Waals surface area (Å²) >= 11 is 0. The van der Waals surface area contributed by atoms with Gasteiger partial charge in [0.1, 0.15) is 0 Å². The largest absolute Gasteiger partial charge is 0.393 e. The molecule has 0 bridgehead atoms. The number of hydrogen-bond acceptors (Lipinski definition) is 3. The van der Waals surface area contributed by atoms with E-state index in [0.29, 0.717) is 18.4 Å². The van der Waals surface area contributed by atoms with Crippen LogP contribution in [0.1, 0.15) is 58.8 Å². The molecule has 2 rings (SSSR count). The number of nitrogens with zero attached hydrogens (tertiary/aromatic N) is 1. The van der Waals surface area contributed by atoms with Gasteiger partial charge in [0.25, 0.3) is 0 Å². The summed E-state index contributed by atoms with van der Waals surface area (Å²) in [5.41, 5.74) is 0. The van der Waals surface area contributed by atoms with Gasteiger partial charge in [-0.2, -0.15) is 0 Å². The molecule has 1 amide bonds. The lowest BCUT2D eigenvalue weighted by molar-refractivity contribution is -0.133. The number of piperidine rings is 1. The quantitative estimate of drug-likeness (QED) is 0.757. The van der Waals surface area contributed by atoms with Crippen LogP contribution in [0.15, 0.2) is 0 Å². The molecule has 2 fully saturated rings. The fourth-order valence-corrected chi connectivity index (χ4v) is 3.53. The summed E-state index contributed by atoms with van der Waals surface area (Å²) in [6.45, 7) is 6.73. The summed E-state index contributed by atoms with van der Waals surface area (Å²) in [5.74, 6) is 1.53. The van der Waals surface area contributed by atoms with Crippen molar-refractivity contribution in [2.45, 2.75) is 70.9 Å². The van der Waals surface area contributed by atoms with Gasteiger partial charge in [-0.25, -0.2) is 0 Å².